The number of carbonyl (C=O) groups is 1. The van der Waals surface area contributed by atoms with Crippen LogP contribution >= 0.6 is 0 Å². The monoisotopic (exact) mass is 330 g/mol. The molecule has 5 heteroatoms. The van der Waals surface area contributed by atoms with Crippen LogP contribution in [-0.2, 0) is 11.3 Å². The van der Waals surface area contributed by atoms with Crippen LogP contribution in [0.5, 0.6) is 11.5 Å². The van der Waals surface area contributed by atoms with Gasteiger partial charge in [0.1, 0.15) is 0 Å². The highest BCUT2D eigenvalue weighted by atomic mass is 16.7. The largest absolute Gasteiger partial charge is 0.454 e. The normalized spacial score (nSPS) is 20.2. The number of hydrogen-bond donors (Lipinski definition) is 0. The highest BCUT2D eigenvalue weighted by Gasteiger charge is 2.33. The van der Waals surface area contributed by atoms with Crippen LogP contribution in [0, 0.1) is 0 Å². The summed E-state index contributed by atoms with van der Waals surface area (Å²) in [4.78, 5) is 17.3. The fourth-order valence-electron chi connectivity index (χ4n) is 3.69. The lowest BCUT2D eigenvalue weighted by molar-refractivity contribution is -0.132. The molecule has 5 nitrogen and oxygen atoms in total. The number of rotatable bonds is 6. The number of para-hydroxylation sites is 1. The second-order valence-electron chi connectivity index (χ2n) is 7.06. The van der Waals surface area contributed by atoms with Gasteiger partial charge in [0.2, 0.25) is 12.7 Å². The fourth-order valence-corrected chi connectivity index (χ4v) is 3.69. The SMILES string of the molecule is O=C(CCN1CCCCC1)N(Cc1cccc2c1OCO2)C1CC1. The molecule has 2 aliphatic heterocycles. The Morgan fingerprint density at radius 2 is 2.00 bits per heavy atom. The minimum absolute atomic E-state index is 0.276. The van der Waals surface area contributed by atoms with Gasteiger partial charge >= 0.3 is 0 Å². The maximum atomic E-state index is 12.8. The first-order valence-corrected chi connectivity index (χ1v) is 9.20. The minimum Gasteiger partial charge on any atom is -0.454 e. The molecule has 0 spiro atoms. The molecule has 1 aliphatic carbocycles. The standard InChI is InChI=1S/C19H26N2O3/c22-18(9-12-20-10-2-1-3-11-20)21(16-7-8-16)13-15-5-4-6-17-19(15)24-14-23-17/h4-6,16H,1-3,7-14H2. The van der Waals surface area contributed by atoms with Crippen LogP contribution in [0.15, 0.2) is 18.2 Å². The second-order valence-corrected chi connectivity index (χ2v) is 7.06. The molecule has 0 radical (unpaired) electrons. The van der Waals surface area contributed by atoms with Gasteiger partial charge in [-0.3, -0.25) is 4.79 Å². The third-order valence-corrected chi connectivity index (χ3v) is 5.22. The van der Waals surface area contributed by atoms with E-state index in [1.165, 1.54) is 19.3 Å². The third-order valence-electron chi connectivity index (χ3n) is 5.22. The summed E-state index contributed by atoms with van der Waals surface area (Å²) >= 11 is 0. The Morgan fingerprint density at radius 3 is 2.79 bits per heavy atom. The molecule has 24 heavy (non-hydrogen) atoms. The fraction of sp³-hybridized carbons (Fsp3) is 0.632. The molecule has 0 atom stereocenters. The number of hydrogen-bond acceptors (Lipinski definition) is 4. The van der Waals surface area contributed by atoms with Gasteiger partial charge in [-0.2, -0.15) is 0 Å². The molecular formula is C19H26N2O3. The van der Waals surface area contributed by atoms with Crippen molar-refractivity contribution >= 4 is 5.91 Å². The Bertz CT molecular complexity index is 594. The van der Waals surface area contributed by atoms with Gasteiger partial charge < -0.3 is 19.3 Å². The maximum Gasteiger partial charge on any atom is 0.231 e. The van der Waals surface area contributed by atoms with Gasteiger partial charge in [0.25, 0.3) is 0 Å². The lowest BCUT2D eigenvalue weighted by Gasteiger charge is -2.28. The average Bonchev–Trinajstić information content (AvgIpc) is 3.34. The highest BCUT2D eigenvalue weighted by Crippen LogP contribution is 2.38. The summed E-state index contributed by atoms with van der Waals surface area (Å²) in [5.74, 6) is 1.88. The Labute approximate surface area is 143 Å². The van der Waals surface area contributed by atoms with E-state index in [9.17, 15) is 4.79 Å². The molecule has 0 bridgehead atoms. The quantitative estimate of drug-likeness (QED) is 0.804. The van der Waals surface area contributed by atoms with E-state index in [0.717, 1.165) is 49.5 Å². The summed E-state index contributed by atoms with van der Waals surface area (Å²) < 4.78 is 11.0. The van der Waals surface area contributed by atoms with Crippen molar-refractivity contribution in [1.29, 1.82) is 0 Å². The molecule has 1 aromatic carbocycles. The van der Waals surface area contributed by atoms with E-state index in [0.29, 0.717) is 19.0 Å². The Kier molecular flexibility index (Phi) is 4.60. The maximum absolute atomic E-state index is 12.8. The number of benzene rings is 1. The van der Waals surface area contributed by atoms with Gasteiger partial charge in [0.15, 0.2) is 11.5 Å². The van der Waals surface area contributed by atoms with E-state index in [-0.39, 0.29) is 12.7 Å². The number of ether oxygens (including phenoxy) is 2. The van der Waals surface area contributed by atoms with Crippen molar-refractivity contribution in [3.05, 3.63) is 23.8 Å². The summed E-state index contributed by atoms with van der Waals surface area (Å²) in [6.45, 7) is 4.10. The molecule has 1 aromatic rings. The van der Waals surface area contributed by atoms with Crippen LogP contribution in [0.1, 0.15) is 44.1 Å². The molecule has 0 aromatic heterocycles. The van der Waals surface area contributed by atoms with Crippen molar-refractivity contribution in [3.63, 3.8) is 0 Å². The average molecular weight is 330 g/mol. The van der Waals surface area contributed by atoms with Crippen LogP contribution in [0.3, 0.4) is 0 Å². The predicted octanol–water partition coefficient (Wildman–Crippen LogP) is 2.78. The van der Waals surface area contributed by atoms with E-state index in [1.54, 1.807) is 0 Å². The number of piperidine rings is 1. The molecule has 0 N–H and O–H groups in total. The summed E-state index contributed by atoms with van der Waals surface area (Å²) in [5, 5.41) is 0. The highest BCUT2D eigenvalue weighted by molar-refractivity contribution is 5.77. The first kappa shape index (κ1) is 15.8. The Balaban J connectivity index is 1.39. The van der Waals surface area contributed by atoms with E-state index < -0.39 is 0 Å². The summed E-state index contributed by atoms with van der Waals surface area (Å²) in [7, 11) is 0. The van der Waals surface area contributed by atoms with Gasteiger partial charge in [-0.15, -0.1) is 0 Å². The van der Waals surface area contributed by atoms with Gasteiger partial charge in [-0.1, -0.05) is 18.6 Å². The van der Waals surface area contributed by atoms with Gasteiger partial charge in [0.05, 0.1) is 0 Å². The van der Waals surface area contributed by atoms with Crippen LogP contribution < -0.4 is 9.47 Å². The lowest BCUT2D eigenvalue weighted by Crippen LogP contribution is -2.37. The van der Waals surface area contributed by atoms with Crippen molar-refractivity contribution in [1.82, 2.24) is 9.80 Å². The molecular weight excluding hydrogens is 304 g/mol. The van der Waals surface area contributed by atoms with Crippen molar-refractivity contribution in [2.75, 3.05) is 26.4 Å². The van der Waals surface area contributed by atoms with Crippen LogP contribution in [0.2, 0.25) is 0 Å². The number of amides is 1. The van der Waals surface area contributed by atoms with Crippen LogP contribution in [-0.4, -0.2) is 48.2 Å². The first-order chi connectivity index (χ1) is 11.8. The first-order valence-electron chi connectivity index (χ1n) is 9.20. The van der Waals surface area contributed by atoms with Crippen LogP contribution in [0.4, 0.5) is 0 Å². The number of nitrogens with zero attached hydrogens (tertiary/aromatic N) is 2. The molecule has 3 aliphatic rings. The van der Waals surface area contributed by atoms with E-state index in [2.05, 4.69) is 9.80 Å². The smallest absolute Gasteiger partial charge is 0.231 e. The second kappa shape index (κ2) is 7.01. The zero-order valence-corrected chi connectivity index (χ0v) is 14.2. The molecule has 1 amide bonds. The Morgan fingerprint density at radius 1 is 1.17 bits per heavy atom. The summed E-state index contributed by atoms with van der Waals surface area (Å²) in [5.41, 5.74) is 1.06. The third kappa shape index (κ3) is 3.51. The van der Waals surface area contributed by atoms with Gasteiger partial charge in [-0.05, 0) is 44.8 Å². The molecule has 2 heterocycles. The summed E-state index contributed by atoms with van der Waals surface area (Å²) in [6.07, 6.45) is 6.76. The molecule has 1 saturated heterocycles. The van der Waals surface area contributed by atoms with Crippen molar-refractivity contribution in [3.8, 4) is 11.5 Å². The minimum atomic E-state index is 0.276. The number of carbonyl (C=O) groups excluding carboxylic acids is 1. The van der Waals surface area contributed by atoms with E-state index >= 15 is 0 Å². The van der Waals surface area contributed by atoms with E-state index in [1.807, 2.05) is 18.2 Å². The molecule has 0 unspecified atom stereocenters. The van der Waals surface area contributed by atoms with Crippen molar-refractivity contribution in [2.24, 2.45) is 0 Å². The van der Waals surface area contributed by atoms with Crippen molar-refractivity contribution in [2.45, 2.75) is 51.1 Å². The molecule has 2 fully saturated rings. The molecule has 130 valence electrons. The Hall–Kier alpha value is -1.75. The number of fused-ring (bicyclic) bond motifs is 1. The summed E-state index contributed by atoms with van der Waals surface area (Å²) in [6, 6.07) is 6.36. The number of likely N-dealkylation sites (tertiary alicyclic amines) is 1. The molecule has 1 saturated carbocycles. The zero-order chi connectivity index (χ0) is 16.4. The van der Waals surface area contributed by atoms with E-state index in [4.69, 9.17) is 9.47 Å². The lowest BCUT2D eigenvalue weighted by atomic mass is 10.1. The molecule has 4 rings (SSSR count). The predicted molar refractivity (Wildman–Crippen MR) is 91.0 cm³/mol. The topological polar surface area (TPSA) is 42.0 Å². The zero-order valence-electron chi connectivity index (χ0n) is 14.2. The van der Waals surface area contributed by atoms with Gasteiger partial charge in [-0.25, -0.2) is 0 Å². The van der Waals surface area contributed by atoms with Gasteiger partial charge in [0, 0.05) is 31.1 Å². The van der Waals surface area contributed by atoms with Crippen LogP contribution in [0.25, 0.3) is 0 Å². The van der Waals surface area contributed by atoms with Crippen molar-refractivity contribution < 1.29 is 14.3 Å².